The second kappa shape index (κ2) is 4.69. The molecular weight excluding hydrogens is 258 g/mol. The summed E-state index contributed by atoms with van der Waals surface area (Å²) in [6.45, 7) is 0.433. The van der Waals surface area contributed by atoms with Crippen LogP contribution in [-0.2, 0) is 11.3 Å². The maximum absolute atomic E-state index is 11.4. The molecule has 3 aromatic rings. The molecule has 0 aliphatic carbocycles. The molecule has 3 rings (SSSR count). The molecule has 0 saturated carbocycles. The Bertz CT molecular complexity index is 741. The van der Waals surface area contributed by atoms with Crippen molar-refractivity contribution < 1.29 is 9.53 Å². The molecule has 0 radical (unpaired) electrons. The number of rotatable bonds is 3. The third-order valence-corrected chi connectivity index (χ3v) is 2.91. The van der Waals surface area contributed by atoms with Gasteiger partial charge in [-0.05, 0) is 12.1 Å². The van der Waals surface area contributed by atoms with Gasteiger partial charge in [0.25, 0.3) is 0 Å². The highest BCUT2D eigenvalue weighted by Crippen LogP contribution is 2.12. The average Bonchev–Trinajstić information content (AvgIpc) is 3.01. The van der Waals surface area contributed by atoms with E-state index in [0.29, 0.717) is 12.2 Å². The van der Waals surface area contributed by atoms with Crippen molar-refractivity contribution in [2.24, 2.45) is 0 Å². The average molecular weight is 271 g/mol. The van der Waals surface area contributed by atoms with E-state index in [1.54, 1.807) is 10.9 Å². The SMILES string of the molecule is COC(=O)c1nn(Cc2cn3ccccc3n2)cc1N. The second-order valence-corrected chi connectivity index (χ2v) is 4.32. The minimum absolute atomic E-state index is 0.122. The lowest BCUT2D eigenvalue weighted by molar-refractivity contribution is 0.0594. The lowest BCUT2D eigenvalue weighted by Gasteiger charge is -1.96. The number of hydrogen-bond donors (Lipinski definition) is 1. The molecule has 3 aromatic heterocycles. The lowest BCUT2D eigenvalue weighted by atomic mass is 10.4. The monoisotopic (exact) mass is 271 g/mol. The number of imidazole rings is 1. The van der Waals surface area contributed by atoms with Crippen molar-refractivity contribution >= 4 is 17.3 Å². The smallest absolute Gasteiger partial charge is 0.360 e. The summed E-state index contributed by atoms with van der Waals surface area (Å²) in [5, 5.41) is 4.11. The van der Waals surface area contributed by atoms with E-state index in [9.17, 15) is 4.79 Å². The Hall–Kier alpha value is -2.83. The molecule has 0 amide bonds. The van der Waals surface area contributed by atoms with Crippen LogP contribution in [0.2, 0.25) is 0 Å². The number of esters is 1. The highest BCUT2D eigenvalue weighted by Gasteiger charge is 2.15. The Morgan fingerprint density at radius 1 is 1.40 bits per heavy atom. The van der Waals surface area contributed by atoms with Crippen molar-refractivity contribution in [3.8, 4) is 0 Å². The minimum Gasteiger partial charge on any atom is -0.464 e. The van der Waals surface area contributed by atoms with Crippen LogP contribution < -0.4 is 5.73 Å². The molecule has 0 aromatic carbocycles. The summed E-state index contributed by atoms with van der Waals surface area (Å²) in [4.78, 5) is 15.9. The van der Waals surface area contributed by atoms with E-state index in [-0.39, 0.29) is 5.69 Å². The molecule has 0 saturated heterocycles. The summed E-state index contributed by atoms with van der Waals surface area (Å²) >= 11 is 0. The van der Waals surface area contributed by atoms with Crippen LogP contribution in [0, 0.1) is 0 Å². The summed E-state index contributed by atoms with van der Waals surface area (Å²) in [7, 11) is 1.29. The normalized spacial score (nSPS) is 10.8. The van der Waals surface area contributed by atoms with Crippen molar-refractivity contribution in [2.75, 3.05) is 12.8 Å². The predicted octanol–water partition coefficient (Wildman–Crippen LogP) is 0.948. The molecule has 3 heterocycles. The Labute approximate surface area is 114 Å². The summed E-state index contributed by atoms with van der Waals surface area (Å²) in [6, 6.07) is 5.77. The Kier molecular flexibility index (Phi) is 2.86. The number of pyridine rings is 1. The van der Waals surface area contributed by atoms with Gasteiger partial charge in [-0.25, -0.2) is 9.78 Å². The number of nitrogens with zero attached hydrogens (tertiary/aromatic N) is 4. The molecule has 7 nitrogen and oxygen atoms in total. The van der Waals surface area contributed by atoms with Gasteiger partial charge in [0.1, 0.15) is 5.65 Å². The van der Waals surface area contributed by atoms with E-state index in [1.165, 1.54) is 7.11 Å². The maximum Gasteiger partial charge on any atom is 0.360 e. The van der Waals surface area contributed by atoms with Gasteiger partial charge in [0, 0.05) is 18.6 Å². The van der Waals surface area contributed by atoms with Crippen LogP contribution in [0.3, 0.4) is 0 Å². The van der Waals surface area contributed by atoms with E-state index in [4.69, 9.17) is 5.73 Å². The predicted molar refractivity (Wildman–Crippen MR) is 72.3 cm³/mol. The Morgan fingerprint density at radius 3 is 3.00 bits per heavy atom. The van der Waals surface area contributed by atoms with Crippen LogP contribution >= 0.6 is 0 Å². The molecule has 0 bridgehead atoms. The fraction of sp³-hybridized carbons (Fsp3) is 0.154. The molecule has 2 N–H and O–H groups in total. The molecule has 0 fully saturated rings. The number of aromatic nitrogens is 4. The molecular formula is C13H13N5O2. The van der Waals surface area contributed by atoms with Crippen LogP contribution in [-0.4, -0.2) is 32.2 Å². The van der Waals surface area contributed by atoms with Crippen molar-refractivity contribution in [1.82, 2.24) is 19.2 Å². The van der Waals surface area contributed by atoms with Crippen molar-refractivity contribution in [3.05, 3.63) is 48.2 Å². The lowest BCUT2D eigenvalue weighted by Crippen LogP contribution is -2.07. The fourth-order valence-corrected chi connectivity index (χ4v) is 2.00. The number of nitrogen functional groups attached to an aromatic ring is 1. The zero-order valence-corrected chi connectivity index (χ0v) is 10.9. The zero-order chi connectivity index (χ0) is 14.1. The van der Waals surface area contributed by atoms with Gasteiger partial charge in [-0.3, -0.25) is 4.68 Å². The quantitative estimate of drug-likeness (QED) is 0.716. The van der Waals surface area contributed by atoms with Gasteiger partial charge >= 0.3 is 5.97 Å². The molecule has 0 aliphatic rings. The molecule has 7 heteroatoms. The Morgan fingerprint density at radius 2 is 2.25 bits per heavy atom. The minimum atomic E-state index is -0.545. The van der Waals surface area contributed by atoms with Crippen LogP contribution in [0.5, 0.6) is 0 Å². The first-order chi connectivity index (χ1) is 9.67. The number of ether oxygens (including phenoxy) is 1. The molecule has 102 valence electrons. The number of methoxy groups -OCH3 is 1. The fourth-order valence-electron chi connectivity index (χ4n) is 2.00. The van der Waals surface area contributed by atoms with Crippen molar-refractivity contribution in [3.63, 3.8) is 0 Å². The molecule has 0 unspecified atom stereocenters. The zero-order valence-electron chi connectivity index (χ0n) is 10.9. The van der Waals surface area contributed by atoms with Crippen LogP contribution in [0.25, 0.3) is 5.65 Å². The van der Waals surface area contributed by atoms with Gasteiger partial charge in [-0.15, -0.1) is 0 Å². The standard InChI is InChI=1S/C13H13N5O2/c1-20-13(19)12-10(14)8-18(16-12)7-9-6-17-5-3-2-4-11(17)15-9/h2-6,8H,7,14H2,1H3. The van der Waals surface area contributed by atoms with Crippen molar-refractivity contribution in [1.29, 1.82) is 0 Å². The van der Waals surface area contributed by atoms with Gasteiger partial charge < -0.3 is 14.9 Å². The summed E-state index contributed by atoms with van der Waals surface area (Å²) in [5.74, 6) is -0.545. The molecule has 20 heavy (non-hydrogen) atoms. The van der Waals surface area contributed by atoms with Crippen LogP contribution in [0.1, 0.15) is 16.2 Å². The van der Waals surface area contributed by atoms with Gasteiger partial charge in [0.15, 0.2) is 5.69 Å². The van der Waals surface area contributed by atoms with E-state index >= 15 is 0 Å². The van der Waals surface area contributed by atoms with Crippen LogP contribution in [0.4, 0.5) is 5.69 Å². The topological polar surface area (TPSA) is 87.4 Å². The molecule has 0 aliphatic heterocycles. The first-order valence-corrected chi connectivity index (χ1v) is 6.01. The molecule has 0 atom stereocenters. The number of anilines is 1. The maximum atomic E-state index is 11.4. The summed E-state index contributed by atoms with van der Waals surface area (Å²) < 4.78 is 8.11. The largest absolute Gasteiger partial charge is 0.464 e. The van der Waals surface area contributed by atoms with E-state index in [2.05, 4.69) is 14.8 Å². The van der Waals surface area contributed by atoms with Crippen LogP contribution in [0.15, 0.2) is 36.8 Å². The first kappa shape index (κ1) is 12.2. The summed E-state index contributed by atoms with van der Waals surface area (Å²) in [5.41, 5.74) is 7.84. The second-order valence-electron chi connectivity index (χ2n) is 4.32. The summed E-state index contributed by atoms with van der Waals surface area (Å²) in [6.07, 6.45) is 5.42. The first-order valence-electron chi connectivity index (χ1n) is 6.01. The number of hydrogen-bond acceptors (Lipinski definition) is 5. The van der Waals surface area contributed by atoms with E-state index < -0.39 is 5.97 Å². The van der Waals surface area contributed by atoms with Gasteiger partial charge in [0.2, 0.25) is 0 Å². The number of carbonyl (C=O) groups is 1. The van der Waals surface area contributed by atoms with Gasteiger partial charge in [0.05, 0.1) is 25.0 Å². The number of nitrogens with two attached hydrogens (primary N) is 1. The number of fused-ring (bicyclic) bond motifs is 1. The van der Waals surface area contributed by atoms with Crippen molar-refractivity contribution in [2.45, 2.75) is 6.54 Å². The Balaban J connectivity index is 1.89. The molecule has 0 spiro atoms. The number of carbonyl (C=O) groups excluding carboxylic acids is 1. The van der Waals surface area contributed by atoms with E-state index in [1.807, 2.05) is 35.0 Å². The third-order valence-electron chi connectivity index (χ3n) is 2.91. The van der Waals surface area contributed by atoms with Gasteiger partial charge in [-0.1, -0.05) is 6.07 Å². The van der Waals surface area contributed by atoms with Gasteiger partial charge in [-0.2, -0.15) is 5.10 Å². The third kappa shape index (κ3) is 2.09. The highest BCUT2D eigenvalue weighted by molar-refractivity contribution is 5.92. The highest BCUT2D eigenvalue weighted by atomic mass is 16.5. The van der Waals surface area contributed by atoms with E-state index in [0.717, 1.165) is 11.3 Å².